The number of nitrogens with one attached hydrogen (secondary N) is 2. The van der Waals surface area contributed by atoms with Gasteiger partial charge in [0.05, 0.1) is 26.7 Å². The lowest BCUT2D eigenvalue weighted by Crippen LogP contribution is -3.22. The highest BCUT2D eigenvalue weighted by molar-refractivity contribution is 5.94. The Labute approximate surface area is 165 Å². The SMILES string of the molecule is COc1cc(C(=O)NCC2([NH+]3CCCCC3)CCCCC2)ccc1OC(F)F. The summed E-state index contributed by atoms with van der Waals surface area (Å²) in [6.07, 6.45) is 9.81. The molecule has 1 amide bonds. The molecule has 0 atom stereocenters. The summed E-state index contributed by atoms with van der Waals surface area (Å²) in [4.78, 5) is 14.4. The molecule has 28 heavy (non-hydrogen) atoms. The predicted molar refractivity (Wildman–Crippen MR) is 102 cm³/mol. The number of hydrogen-bond donors (Lipinski definition) is 2. The largest absolute Gasteiger partial charge is 0.493 e. The maximum absolute atomic E-state index is 12.7. The van der Waals surface area contributed by atoms with Crippen LogP contribution < -0.4 is 19.7 Å². The van der Waals surface area contributed by atoms with Crippen molar-refractivity contribution in [1.29, 1.82) is 0 Å². The zero-order chi connectivity index (χ0) is 20.0. The minimum absolute atomic E-state index is 0.0736. The van der Waals surface area contributed by atoms with Crippen LogP contribution in [0.5, 0.6) is 11.5 Å². The standard InChI is InChI=1S/C21H30F2N2O3/c1-27-18-14-16(8-9-17(18)28-20(22)23)19(26)24-15-21(10-4-2-5-11-21)25-12-6-3-7-13-25/h8-9,14,20H,2-7,10-13,15H2,1H3,(H,24,26)/p+1. The van der Waals surface area contributed by atoms with Gasteiger partial charge < -0.3 is 19.7 Å². The number of carbonyl (C=O) groups is 1. The van der Waals surface area contributed by atoms with E-state index in [9.17, 15) is 13.6 Å². The van der Waals surface area contributed by atoms with Crippen molar-refractivity contribution in [3.05, 3.63) is 23.8 Å². The van der Waals surface area contributed by atoms with E-state index >= 15 is 0 Å². The summed E-state index contributed by atoms with van der Waals surface area (Å²) in [6.45, 7) is 0.0816. The van der Waals surface area contributed by atoms with Crippen molar-refractivity contribution in [2.45, 2.75) is 63.5 Å². The average Bonchev–Trinajstić information content (AvgIpc) is 2.73. The molecule has 1 saturated carbocycles. The summed E-state index contributed by atoms with van der Waals surface area (Å²) in [5.41, 5.74) is 0.509. The monoisotopic (exact) mass is 397 g/mol. The fraction of sp³-hybridized carbons (Fsp3) is 0.667. The molecule has 2 N–H and O–H groups in total. The van der Waals surface area contributed by atoms with E-state index in [0.717, 1.165) is 12.8 Å². The molecular formula is C21H31F2N2O3+. The van der Waals surface area contributed by atoms with Crippen LogP contribution in [-0.2, 0) is 0 Å². The van der Waals surface area contributed by atoms with Crippen LogP contribution in [0.4, 0.5) is 8.78 Å². The second kappa shape index (κ2) is 9.54. The van der Waals surface area contributed by atoms with Gasteiger partial charge in [-0.3, -0.25) is 4.79 Å². The van der Waals surface area contributed by atoms with Crippen molar-refractivity contribution in [3.63, 3.8) is 0 Å². The van der Waals surface area contributed by atoms with Crippen molar-refractivity contribution in [3.8, 4) is 11.5 Å². The predicted octanol–water partition coefficient (Wildman–Crippen LogP) is 2.80. The number of ether oxygens (including phenoxy) is 2. The summed E-state index contributed by atoms with van der Waals surface area (Å²) < 4.78 is 34.5. The van der Waals surface area contributed by atoms with E-state index in [1.807, 2.05) is 0 Å². The van der Waals surface area contributed by atoms with Gasteiger partial charge in [0, 0.05) is 18.4 Å². The van der Waals surface area contributed by atoms with E-state index in [4.69, 9.17) is 4.74 Å². The highest BCUT2D eigenvalue weighted by atomic mass is 19.3. The Kier molecular flexibility index (Phi) is 7.10. The quantitative estimate of drug-likeness (QED) is 0.744. The van der Waals surface area contributed by atoms with Gasteiger partial charge in [0.1, 0.15) is 5.54 Å². The fourth-order valence-corrected chi connectivity index (χ4v) is 4.75. The van der Waals surface area contributed by atoms with E-state index in [1.54, 1.807) is 4.90 Å². The first-order valence-electron chi connectivity index (χ1n) is 10.3. The molecular weight excluding hydrogens is 366 g/mol. The maximum Gasteiger partial charge on any atom is 0.387 e. The number of carbonyl (C=O) groups excluding carboxylic acids is 1. The molecule has 0 bridgehead atoms. The molecule has 1 aliphatic heterocycles. The molecule has 1 heterocycles. The van der Waals surface area contributed by atoms with Crippen molar-refractivity contribution in [1.82, 2.24) is 5.32 Å². The first kappa shape index (κ1) is 20.8. The first-order chi connectivity index (χ1) is 13.5. The van der Waals surface area contributed by atoms with Crippen molar-refractivity contribution in [2.75, 3.05) is 26.7 Å². The zero-order valence-electron chi connectivity index (χ0n) is 16.6. The van der Waals surface area contributed by atoms with Gasteiger partial charge in [0.15, 0.2) is 11.5 Å². The fourth-order valence-electron chi connectivity index (χ4n) is 4.75. The second-order valence-electron chi connectivity index (χ2n) is 7.93. The summed E-state index contributed by atoms with van der Waals surface area (Å²) >= 11 is 0. The van der Waals surface area contributed by atoms with Crippen molar-refractivity contribution < 1.29 is 27.9 Å². The van der Waals surface area contributed by atoms with Gasteiger partial charge in [0.25, 0.3) is 5.91 Å². The Hall–Kier alpha value is -1.89. The van der Waals surface area contributed by atoms with Gasteiger partial charge in [-0.25, -0.2) is 0 Å². The molecule has 5 nitrogen and oxygen atoms in total. The summed E-state index contributed by atoms with van der Waals surface area (Å²) in [5, 5.41) is 3.11. The molecule has 0 aromatic heterocycles. The number of rotatable bonds is 7. The molecule has 1 aromatic carbocycles. The van der Waals surface area contributed by atoms with Crippen molar-refractivity contribution in [2.24, 2.45) is 0 Å². The maximum atomic E-state index is 12.7. The molecule has 1 aliphatic carbocycles. The molecule has 2 aliphatic rings. The van der Waals surface area contributed by atoms with Gasteiger partial charge in [-0.05, 0) is 50.3 Å². The third-order valence-corrected chi connectivity index (χ3v) is 6.25. The first-order valence-corrected chi connectivity index (χ1v) is 10.3. The molecule has 0 radical (unpaired) electrons. The van der Waals surface area contributed by atoms with Gasteiger partial charge in [-0.15, -0.1) is 0 Å². The van der Waals surface area contributed by atoms with Crippen LogP contribution in [0.3, 0.4) is 0 Å². The minimum Gasteiger partial charge on any atom is -0.493 e. The normalized spacial score (nSPS) is 20.0. The molecule has 7 heteroatoms. The molecule has 1 aromatic rings. The van der Waals surface area contributed by atoms with E-state index in [2.05, 4.69) is 10.1 Å². The van der Waals surface area contributed by atoms with Crippen LogP contribution >= 0.6 is 0 Å². The third kappa shape index (κ3) is 4.93. The Bertz CT molecular complexity index is 657. The average molecular weight is 397 g/mol. The van der Waals surface area contributed by atoms with E-state index in [1.165, 1.54) is 76.9 Å². The topological polar surface area (TPSA) is 52.0 Å². The number of likely N-dealkylation sites (tertiary alicyclic amines) is 1. The van der Waals surface area contributed by atoms with Crippen LogP contribution in [-0.4, -0.2) is 44.8 Å². The number of benzene rings is 1. The Morgan fingerprint density at radius 1 is 1.11 bits per heavy atom. The molecule has 1 saturated heterocycles. The second-order valence-corrected chi connectivity index (χ2v) is 7.93. The Morgan fingerprint density at radius 3 is 2.43 bits per heavy atom. The molecule has 156 valence electrons. The summed E-state index contributed by atoms with van der Waals surface area (Å²) in [7, 11) is 1.37. The number of hydrogen-bond acceptors (Lipinski definition) is 3. The Balaban J connectivity index is 1.68. The third-order valence-electron chi connectivity index (χ3n) is 6.25. The minimum atomic E-state index is -2.94. The molecule has 0 spiro atoms. The number of alkyl halides is 2. The van der Waals surface area contributed by atoms with Gasteiger partial charge in [-0.2, -0.15) is 8.78 Å². The highest BCUT2D eigenvalue weighted by Gasteiger charge is 2.42. The number of quaternary nitrogens is 1. The Morgan fingerprint density at radius 2 is 1.79 bits per heavy atom. The van der Waals surface area contributed by atoms with E-state index in [0.29, 0.717) is 12.1 Å². The molecule has 3 rings (SSSR count). The van der Waals surface area contributed by atoms with Gasteiger partial charge >= 0.3 is 6.61 Å². The van der Waals surface area contributed by atoms with Crippen LogP contribution in [0, 0.1) is 0 Å². The smallest absolute Gasteiger partial charge is 0.387 e. The number of halogens is 2. The molecule has 2 fully saturated rings. The zero-order valence-corrected chi connectivity index (χ0v) is 16.6. The summed E-state index contributed by atoms with van der Waals surface area (Å²) in [5.74, 6) is -0.152. The van der Waals surface area contributed by atoms with Crippen LogP contribution in [0.25, 0.3) is 0 Å². The lowest BCUT2D eigenvalue weighted by atomic mass is 9.79. The number of piperidine rings is 1. The van der Waals surface area contributed by atoms with E-state index < -0.39 is 6.61 Å². The van der Waals surface area contributed by atoms with Crippen molar-refractivity contribution >= 4 is 5.91 Å². The number of amides is 1. The number of methoxy groups -OCH3 is 1. The van der Waals surface area contributed by atoms with Crippen LogP contribution in [0.2, 0.25) is 0 Å². The van der Waals surface area contributed by atoms with E-state index in [-0.39, 0.29) is 22.9 Å². The lowest BCUT2D eigenvalue weighted by Gasteiger charge is -2.45. The van der Waals surface area contributed by atoms with Crippen LogP contribution in [0.1, 0.15) is 61.7 Å². The van der Waals surface area contributed by atoms with Crippen LogP contribution in [0.15, 0.2) is 18.2 Å². The van der Waals surface area contributed by atoms with Gasteiger partial charge in [0.2, 0.25) is 0 Å². The van der Waals surface area contributed by atoms with Gasteiger partial charge in [-0.1, -0.05) is 6.42 Å². The molecule has 0 unspecified atom stereocenters. The highest BCUT2D eigenvalue weighted by Crippen LogP contribution is 2.30. The summed E-state index contributed by atoms with van der Waals surface area (Å²) in [6, 6.07) is 4.30. The lowest BCUT2D eigenvalue weighted by molar-refractivity contribution is -0.957.